The molecule has 23 heavy (non-hydrogen) atoms. The van der Waals surface area contributed by atoms with Crippen molar-refractivity contribution in [2.75, 3.05) is 0 Å². The molecule has 0 aliphatic heterocycles. The van der Waals surface area contributed by atoms with Crippen molar-refractivity contribution in [1.82, 2.24) is 0 Å². The highest BCUT2D eigenvalue weighted by Crippen LogP contribution is 2.29. The molecular formula is C18H23BO4. The second kappa shape index (κ2) is 8.37. The summed E-state index contributed by atoms with van der Waals surface area (Å²) in [7, 11) is 0.0803. The van der Waals surface area contributed by atoms with Crippen LogP contribution in [0.25, 0.3) is 0 Å². The van der Waals surface area contributed by atoms with E-state index in [-0.39, 0.29) is 19.9 Å². The lowest BCUT2D eigenvalue weighted by atomic mass is 10.2. The Morgan fingerprint density at radius 2 is 0.957 bits per heavy atom. The zero-order valence-electron chi connectivity index (χ0n) is 14.1. The molecule has 0 unspecified atom stereocenters. The van der Waals surface area contributed by atoms with E-state index in [0.717, 1.165) is 0 Å². The Morgan fingerprint density at radius 1 is 0.609 bits per heavy atom. The van der Waals surface area contributed by atoms with Gasteiger partial charge in [0.15, 0.2) is 11.5 Å². The number of rotatable bonds is 8. The molecular weight excluding hydrogens is 291 g/mol. The molecule has 2 rings (SSSR count). The minimum atomic E-state index is 0.0803. The van der Waals surface area contributed by atoms with Gasteiger partial charge in [0.25, 0.3) is 0 Å². The second-order valence-corrected chi connectivity index (χ2v) is 5.63. The fourth-order valence-electron chi connectivity index (χ4n) is 2.00. The van der Waals surface area contributed by atoms with E-state index in [0.29, 0.717) is 23.0 Å². The third kappa shape index (κ3) is 5.44. The third-order valence-corrected chi connectivity index (χ3v) is 2.85. The first kappa shape index (κ1) is 17.1. The third-order valence-electron chi connectivity index (χ3n) is 2.85. The lowest BCUT2D eigenvalue weighted by molar-refractivity contribution is 0.232. The molecule has 2 aromatic rings. The molecule has 0 saturated heterocycles. The summed E-state index contributed by atoms with van der Waals surface area (Å²) in [6, 6.07) is 15.1. The molecule has 0 radical (unpaired) electrons. The Balaban J connectivity index is 1.98. The van der Waals surface area contributed by atoms with Crippen molar-refractivity contribution in [2.45, 2.75) is 39.9 Å². The Hall–Kier alpha value is -2.30. The maximum absolute atomic E-state index is 5.72. The molecule has 122 valence electrons. The maximum atomic E-state index is 5.72. The smallest absolute Gasteiger partial charge is 0.526 e. The van der Waals surface area contributed by atoms with Gasteiger partial charge >= 0.3 is 7.69 Å². The highest BCUT2D eigenvalue weighted by Gasteiger charge is 2.10. The van der Waals surface area contributed by atoms with E-state index in [1.54, 1.807) is 0 Å². The van der Waals surface area contributed by atoms with Crippen LogP contribution in [0.5, 0.6) is 23.0 Å². The van der Waals surface area contributed by atoms with Crippen LogP contribution >= 0.6 is 0 Å². The lowest BCUT2D eigenvalue weighted by Gasteiger charge is -2.16. The largest absolute Gasteiger partial charge is 0.576 e. The molecule has 0 aromatic heterocycles. The average molecular weight is 314 g/mol. The summed E-state index contributed by atoms with van der Waals surface area (Å²) in [5.74, 6) is 2.72. The van der Waals surface area contributed by atoms with Gasteiger partial charge in [-0.2, -0.15) is 0 Å². The number of hydrogen-bond donors (Lipinski definition) is 0. The summed E-state index contributed by atoms with van der Waals surface area (Å²) in [6.07, 6.45) is 0.168. The van der Waals surface area contributed by atoms with Crippen LogP contribution < -0.4 is 18.8 Å². The van der Waals surface area contributed by atoms with E-state index < -0.39 is 0 Å². The predicted octanol–water partition coefficient (Wildman–Crippen LogP) is 3.99. The first-order chi connectivity index (χ1) is 11.1. The summed E-state index contributed by atoms with van der Waals surface area (Å²) < 4.78 is 22.8. The normalized spacial score (nSPS) is 10.5. The summed E-state index contributed by atoms with van der Waals surface area (Å²) in [6.45, 7) is 7.92. The molecule has 0 bridgehead atoms. The van der Waals surface area contributed by atoms with E-state index in [9.17, 15) is 0 Å². The predicted molar refractivity (Wildman–Crippen MR) is 92.8 cm³/mol. The first-order valence-corrected chi connectivity index (χ1v) is 7.83. The molecule has 0 amide bonds. The summed E-state index contributed by atoms with van der Waals surface area (Å²) in [5, 5.41) is 0. The van der Waals surface area contributed by atoms with Gasteiger partial charge in [0.1, 0.15) is 11.5 Å². The van der Waals surface area contributed by atoms with Crippen LogP contribution in [0.1, 0.15) is 27.7 Å². The zero-order chi connectivity index (χ0) is 16.7. The molecule has 0 fully saturated rings. The second-order valence-electron chi connectivity index (χ2n) is 5.63. The Morgan fingerprint density at radius 3 is 1.30 bits per heavy atom. The van der Waals surface area contributed by atoms with Gasteiger partial charge in [-0.3, -0.25) is 0 Å². The van der Waals surface area contributed by atoms with Crippen molar-refractivity contribution in [3.63, 3.8) is 0 Å². The topological polar surface area (TPSA) is 36.9 Å². The van der Waals surface area contributed by atoms with Gasteiger partial charge < -0.3 is 18.8 Å². The summed E-state index contributed by atoms with van der Waals surface area (Å²) >= 11 is 0. The van der Waals surface area contributed by atoms with Gasteiger partial charge in [0.05, 0.1) is 12.2 Å². The van der Waals surface area contributed by atoms with E-state index in [1.807, 2.05) is 76.2 Å². The van der Waals surface area contributed by atoms with Crippen LogP contribution in [0.2, 0.25) is 0 Å². The molecule has 0 aliphatic rings. The Kier molecular flexibility index (Phi) is 6.21. The van der Waals surface area contributed by atoms with Crippen LogP contribution in [-0.4, -0.2) is 19.9 Å². The number of benzene rings is 2. The van der Waals surface area contributed by atoms with Crippen molar-refractivity contribution < 1.29 is 18.8 Å². The van der Waals surface area contributed by atoms with Crippen molar-refractivity contribution in [1.29, 1.82) is 0 Å². The van der Waals surface area contributed by atoms with Crippen molar-refractivity contribution in [2.24, 2.45) is 0 Å². The van der Waals surface area contributed by atoms with E-state index >= 15 is 0 Å². The molecule has 0 N–H and O–H groups in total. The maximum Gasteiger partial charge on any atom is 0.576 e. The molecule has 0 saturated carbocycles. The van der Waals surface area contributed by atoms with Crippen molar-refractivity contribution >= 4 is 7.69 Å². The lowest BCUT2D eigenvalue weighted by Crippen LogP contribution is -2.14. The summed E-state index contributed by atoms with van der Waals surface area (Å²) in [5.41, 5.74) is 0. The summed E-state index contributed by atoms with van der Waals surface area (Å²) in [4.78, 5) is 0. The minimum Gasteiger partial charge on any atom is -0.526 e. The Bertz CT molecular complexity index is 560. The zero-order valence-corrected chi connectivity index (χ0v) is 14.1. The standard InChI is InChI=1S/C18H23BO4/c1-13(2)20-15-9-5-7-11-17(15)22-19-23-18-12-8-6-10-16(18)21-14(3)4/h5-14,19H,1-4H3. The molecule has 2 aromatic carbocycles. The van der Waals surface area contributed by atoms with Gasteiger partial charge in [-0.15, -0.1) is 0 Å². The monoisotopic (exact) mass is 314 g/mol. The number of ether oxygens (including phenoxy) is 2. The van der Waals surface area contributed by atoms with Gasteiger partial charge in [0, 0.05) is 0 Å². The van der Waals surface area contributed by atoms with Crippen LogP contribution in [0, 0.1) is 0 Å². The average Bonchev–Trinajstić information content (AvgIpc) is 2.49. The highest BCUT2D eigenvalue weighted by molar-refractivity contribution is 6.21. The van der Waals surface area contributed by atoms with Gasteiger partial charge in [-0.05, 0) is 52.0 Å². The van der Waals surface area contributed by atoms with Crippen LogP contribution in [0.3, 0.4) is 0 Å². The number of hydrogen-bond acceptors (Lipinski definition) is 4. The molecule has 4 nitrogen and oxygen atoms in total. The van der Waals surface area contributed by atoms with Crippen molar-refractivity contribution in [3.05, 3.63) is 48.5 Å². The van der Waals surface area contributed by atoms with Crippen LogP contribution in [0.4, 0.5) is 0 Å². The van der Waals surface area contributed by atoms with Crippen LogP contribution in [0.15, 0.2) is 48.5 Å². The number of para-hydroxylation sites is 4. The van der Waals surface area contributed by atoms with E-state index in [1.165, 1.54) is 0 Å². The fraction of sp³-hybridized carbons (Fsp3) is 0.333. The molecule has 0 heterocycles. The quantitative estimate of drug-likeness (QED) is 0.691. The van der Waals surface area contributed by atoms with Gasteiger partial charge in [-0.1, -0.05) is 24.3 Å². The van der Waals surface area contributed by atoms with Gasteiger partial charge in [0.2, 0.25) is 0 Å². The minimum absolute atomic E-state index is 0.0803. The molecule has 0 atom stereocenters. The first-order valence-electron chi connectivity index (χ1n) is 7.83. The van der Waals surface area contributed by atoms with Crippen LogP contribution in [-0.2, 0) is 0 Å². The fourth-order valence-corrected chi connectivity index (χ4v) is 2.00. The molecule has 0 spiro atoms. The van der Waals surface area contributed by atoms with Gasteiger partial charge in [-0.25, -0.2) is 0 Å². The Labute approximate surface area is 138 Å². The molecule has 5 heteroatoms. The van der Waals surface area contributed by atoms with Crippen molar-refractivity contribution in [3.8, 4) is 23.0 Å². The van der Waals surface area contributed by atoms with E-state index in [4.69, 9.17) is 18.8 Å². The van der Waals surface area contributed by atoms with E-state index in [2.05, 4.69) is 0 Å². The highest BCUT2D eigenvalue weighted by atomic mass is 16.6. The molecule has 0 aliphatic carbocycles. The SMILES string of the molecule is CC(C)Oc1ccccc1OBOc1ccccc1OC(C)C.